The Morgan fingerprint density at radius 3 is 1.66 bits per heavy atom. The van der Waals surface area contributed by atoms with Crippen LogP contribution in [0.1, 0.15) is 85.7 Å². The first kappa shape index (κ1) is 54.8. The highest BCUT2D eigenvalue weighted by Crippen LogP contribution is 2.38. The van der Waals surface area contributed by atoms with Crippen molar-refractivity contribution in [3.63, 3.8) is 0 Å². The highest BCUT2D eigenvalue weighted by atomic mass is 16.2. The van der Waals surface area contributed by atoms with Gasteiger partial charge in [0.25, 0.3) is 23.6 Å². The molecular weight excluding hydrogens is 1120 g/mol. The van der Waals surface area contributed by atoms with Crippen LogP contribution in [0.25, 0.3) is 125 Å². The van der Waals surface area contributed by atoms with Gasteiger partial charge in [-0.3, -0.25) is 29.1 Å². The van der Waals surface area contributed by atoms with E-state index < -0.39 is 11.8 Å². The number of fused-ring (bicyclic) bond motifs is 16. The number of H-pyrrole nitrogens is 4. The summed E-state index contributed by atoms with van der Waals surface area (Å²) < 4.78 is 0. The molecule has 0 saturated heterocycles. The number of hydrogen-bond donors (Lipinski definition) is 6. The maximum atomic E-state index is 13.9. The van der Waals surface area contributed by atoms with Gasteiger partial charge in [0.05, 0.1) is 34.2 Å². The Morgan fingerprint density at radius 2 is 0.989 bits per heavy atom. The van der Waals surface area contributed by atoms with E-state index in [1.54, 1.807) is 12.1 Å². The van der Waals surface area contributed by atoms with Gasteiger partial charge >= 0.3 is 0 Å². The first-order valence-electron chi connectivity index (χ1n) is 29.8. The van der Waals surface area contributed by atoms with E-state index in [0.717, 1.165) is 145 Å². The van der Waals surface area contributed by atoms with E-state index in [1.807, 2.05) is 140 Å². The maximum Gasteiger partial charge on any atom is 0.253 e. The molecule has 11 heterocycles. The largest absolute Gasteiger partial charge is 0.355 e. The Morgan fingerprint density at radius 1 is 0.456 bits per heavy atom. The molecule has 0 saturated carbocycles. The predicted molar refractivity (Wildman–Crippen MR) is 357 cm³/mol. The number of rotatable bonds is 11. The minimum Gasteiger partial charge on any atom is -0.355 e. The molecule has 4 amide bonds. The highest BCUT2D eigenvalue weighted by Gasteiger charge is 2.29. The summed E-state index contributed by atoms with van der Waals surface area (Å²) in [6, 6.07) is 58.4. The molecule has 0 unspecified atom stereocenters. The van der Waals surface area contributed by atoms with E-state index in [0.29, 0.717) is 24.1 Å². The second-order valence-corrected chi connectivity index (χ2v) is 23.5. The van der Waals surface area contributed by atoms with Crippen LogP contribution in [0.3, 0.4) is 0 Å². The predicted octanol–water partition coefficient (Wildman–Crippen LogP) is 14.2. The lowest BCUT2D eigenvalue weighted by Gasteiger charge is -2.15. The smallest absolute Gasteiger partial charge is 0.253 e. The first-order chi connectivity index (χ1) is 43.8. The summed E-state index contributed by atoms with van der Waals surface area (Å²) in [6.07, 6.45) is 15.2. The van der Waals surface area contributed by atoms with Gasteiger partial charge in [-0.25, -0.2) is 15.0 Å². The number of nitrogens with zero attached hydrogens (tertiary/aromatic N) is 5. The molecule has 6 aromatic heterocycles. The molecule has 0 radical (unpaired) electrons. The first-order valence-corrected chi connectivity index (χ1v) is 29.8. The van der Waals surface area contributed by atoms with Gasteiger partial charge in [0.15, 0.2) is 0 Å². The molecule has 90 heavy (non-hydrogen) atoms. The molecule has 5 aliphatic rings. The lowest BCUT2D eigenvalue weighted by atomic mass is 9.87. The Labute approximate surface area is 516 Å². The molecule has 0 fully saturated rings. The molecule has 15 heteroatoms. The molecule has 0 aliphatic carbocycles. The van der Waals surface area contributed by atoms with Gasteiger partial charge in [-0.1, -0.05) is 92.7 Å². The molecule has 15 nitrogen and oxygen atoms in total. The Bertz CT molecular complexity index is 5100. The van der Waals surface area contributed by atoms with Crippen molar-refractivity contribution in [2.75, 3.05) is 13.1 Å². The number of carbonyl (C=O) groups is 4. The highest BCUT2D eigenvalue weighted by molar-refractivity contribution is 6.13. The van der Waals surface area contributed by atoms with Crippen molar-refractivity contribution < 1.29 is 19.2 Å². The summed E-state index contributed by atoms with van der Waals surface area (Å²) in [5.41, 5.74) is 22.9. The van der Waals surface area contributed by atoms with E-state index in [1.165, 1.54) is 12.2 Å². The van der Waals surface area contributed by atoms with Crippen LogP contribution in [-0.2, 0) is 28.0 Å². The standard InChI is InChI=1S/C75H57N11O4/c1-75(2)42-59-39-66-61(46-10-8-44(9-11-46)43-77-74(90)50-18-12-47(13-19-50)71-62-27-24-55(80-62)35-53-22-20-51(78-53)34-52-21-23-54(79-52)36-56-25-28-63(71)81-56)41-67(85-66)72(48-14-16-49(17-15-48)73(89)76-32-33-86-69(87)30-31-70(86)88)64-29-26-57(82-64)38-65-60(45-6-4-3-5-7-45)37-58(83-65)40-68(75)84-59/h3-31,34-41,78,81,83,85H,32-33,42-43H2,1-2H3,(H,76,89)(H,77,90). The number of amides is 4. The zero-order valence-corrected chi connectivity index (χ0v) is 49.1. The molecule has 16 bridgehead atoms. The minimum absolute atomic E-state index is 0.0634. The van der Waals surface area contributed by atoms with E-state index in [9.17, 15) is 19.2 Å². The van der Waals surface area contributed by atoms with Gasteiger partial charge in [0.1, 0.15) is 0 Å². The lowest BCUT2D eigenvalue weighted by molar-refractivity contribution is -0.136. The topological polar surface area (TPSA) is 210 Å². The SMILES string of the molecule is CC1(C)Cc2cc3[nH]c(cc3-c3ccc(CNC(=O)c4ccc(-c5c6nc(cc7ccc(cc8nc(cc9ccc5[nH]9)C=C8)[nH]7)C=C6)cc4)cc3)c(-c3ccc(C(=O)NCCN4C(=O)C=CC4=O)cc3)c3nc(cc4[nH]c(cc1n2)cc4-c1ccccc1)C=C3. The van der Waals surface area contributed by atoms with Gasteiger partial charge in [0.2, 0.25) is 0 Å². The number of nitrogens with one attached hydrogen (secondary N) is 6. The zero-order valence-electron chi connectivity index (χ0n) is 49.1. The fraction of sp³-hybridized carbons (Fsp3) is 0.0933. The summed E-state index contributed by atoms with van der Waals surface area (Å²) in [6.45, 7) is 4.91. The average molecular weight is 1180 g/mol. The third-order valence-corrected chi connectivity index (χ3v) is 16.8. The third-order valence-electron chi connectivity index (χ3n) is 16.8. The van der Waals surface area contributed by atoms with Gasteiger partial charge in [-0.2, -0.15) is 0 Å². The number of benzene rings is 4. The van der Waals surface area contributed by atoms with Crippen LogP contribution in [0, 0.1) is 0 Å². The van der Waals surface area contributed by atoms with Crippen molar-refractivity contribution in [1.82, 2.24) is 55.4 Å². The number of imide groups is 1. The summed E-state index contributed by atoms with van der Waals surface area (Å²) in [5, 5.41) is 6.01. The fourth-order valence-corrected chi connectivity index (χ4v) is 12.2. The van der Waals surface area contributed by atoms with Crippen molar-refractivity contribution in [2.24, 2.45) is 0 Å². The van der Waals surface area contributed by atoms with Crippen molar-refractivity contribution in [1.29, 1.82) is 0 Å². The molecule has 6 N–H and O–H groups in total. The van der Waals surface area contributed by atoms with Crippen molar-refractivity contribution in [3.8, 4) is 44.5 Å². The quantitative estimate of drug-likeness (QED) is 0.0685. The molecule has 0 spiro atoms. The summed E-state index contributed by atoms with van der Waals surface area (Å²) in [5.74, 6) is -1.34. The molecular formula is C75H57N11O4. The van der Waals surface area contributed by atoms with Crippen molar-refractivity contribution in [2.45, 2.75) is 32.2 Å². The Balaban J connectivity index is 0.753. The summed E-state index contributed by atoms with van der Waals surface area (Å²) in [7, 11) is 0. The normalized spacial score (nSPS) is 13.8. The summed E-state index contributed by atoms with van der Waals surface area (Å²) >= 11 is 0. The van der Waals surface area contributed by atoms with Gasteiger partial charge in [-0.05, 0) is 161 Å². The zero-order chi connectivity index (χ0) is 61.0. The van der Waals surface area contributed by atoms with Crippen molar-refractivity contribution >= 4 is 104 Å². The van der Waals surface area contributed by atoms with E-state index in [4.69, 9.17) is 19.9 Å². The van der Waals surface area contributed by atoms with Crippen molar-refractivity contribution in [3.05, 3.63) is 250 Å². The van der Waals surface area contributed by atoms with Crippen LogP contribution < -0.4 is 10.6 Å². The van der Waals surface area contributed by atoms with E-state index in [-0.39, 0.29) is 30.3 Å². The number of aromatic amines is 4. The Hall–Kier alpha value is -11.8. The maximum absolute atomic E-state index is 13.9. The third kappa shape index (κ3) is 11.0. The molecule has 4 aromatic carbocycles. The molecule has 5 aliphatic heterocycles. The van der Waals surface area contributed by atoms with Crippen LogP contribution in [-0.4, -0.2) is 81.5 Å². The number of hydrogen-bond acceptors (Lipinski definition) is 8. The van der Waals surface area contributed by atoms with Crippen LogP contribution in [0.15, 0.2) is 188 Å². The van der Waals surface area contributed by atoms with Crippen LogP contribution in [0.2, 0.25) is 0 Å². The van der Waals surface area contributed by atoms with E-state index >= 15 is 0 Å². The second kappa shape index (κ2) is 22.5. The van der Waals surface area contributed by atoms with E-state index in [2.05, 4.69) is 105 Å². The average Bonchev–Trinajstić information content (AvgIpc) is 1.75. The summed E-state index contributed by atoms with van der Waals surface area (Å²) in [4.78, 5) is 87.8. The minimum atomic E-state index is -0.400. The monoisotopic (exact) mass is 1180 g/mol. The number of aromatic nitrogens is 8. The van der Waals surface area contributed by atoms with Crippen LogP contribution in [0.5, 0.6) is 0 Å². The van der Waals surface area contributed by atoms with Gasteiger partial charge in [-0.15, -0.1) is 0 Å². The molecule has 10 aromatic rings. The molecule has 436 valence electrons. The number of carbonyl (C=O) groups excluding carboxylic acids is 4. The second-order valence-electron chi connectivity index (χ2n) is 23.5. The van der Waals surface area contributed by atoms with Gasteiger partial charge < -0.3 is 30.6 Å². The van der Waals surface area contributed by atoms with Gasteiger partial charge in [0, 0.05) is 133 Å². The molecule has 15 rings (SSSR count). The Kier molecular flexibility index (Phi) is 13.7. The molecule has 0 atom stereocenters. The van der Waals surface area contributed by atoms with Crippen LogP contribution >= 0.6 is 0 Å². The fourth-order valence-electron chi connectivity index (χ4n) is 12.2. The lowest BCUT2D eigenvalue weighted by Crippen LogP contribution is -2.38. The van der Waals surface area contributed by atoms with Crippen LogP contribution in [0.4, 0.5) is 0 Å².